The maximum atomic E-state index is 14.8. The van der Waals surface area contributed by atoms with Gasteiger partial charge in [0.15, 0.2) is 11.6 Å². The van der Waals surface area contributed by atoms with Crippen molar-refractivity contribution in [3.8, 4) is 5.75 Å². The van der Waals surface area contributed by atoms with E-state index in [9.17, 15) is 8.78 Å². The second-order valence-corrected chi connectivity index (χ2v) is 12.5. The summed E-state index contributed by atoms with van der Waals surface area (Å²) >= 11 is 0. The van der Waals surface area contributed by atoms with Gasteiger partial charge in [0.25, 0.3) is 0 Å². The summed E-state index contributed by atoms with van der Waals surface area (Å²) < 4.78 is 40.8. The minimum Gasteiger partial charge on any atom is -0.490 e. The molecule has 4 rings (SSSR count). The molecule has 1 aromatic rings. The van der Waals surface area contributed by atoms with Gasteiger partial charge in [0, 0.05) is 5.56 Å². The SMILES string of the molecule is C/C=C/C1CCC(C2CCC(/C=C/CCC3CCC(c4ccc(OCCCCC)c(F)c4F)OC3)CC2)CC1. The molecule has 2 atom stereocenters. The summed E-state index contributed by atoms with van der Waals surface area (Å²) in [5, 5.41) is 0. The van der Waals surface area contributed by atoms with Crippen molar-refractivity contribution in [2.75, 3.05) is 13.2 Å². The quantitative estimate of drug-likeness (QED) is 0.193. The summed E-state index contributed by atoms with van der Waals surface area (Å²) in [6.45, 7) is 5.29. The summed E-state index contributed by atoms with van der Waals surface area (Å²) in [5.74, 6) is 2.32. The predicted octanol–water partition coefficient (Wildman–Crippen LogP) is 10.5. The first-order valence-corrected chi connectivity index (χ1v) is 16.1. The van der Waals surface area contributed by atoms with Crippen molar-refractivity contribution in [2.24, 2.45) is 29.6 Å². The van der Waals surface area contributed by atoms with Gasteiger partial charge < -0.3 is 9.47 Å². The highest BCUT2D eigenvalue weighted by Gasteiger charge is 2.30. The monoisotopic (exact) mass is 542 g/mol. The Labute approximate surface area is 236 Å². The average molecular weight is 543 g/mol. The summed E-state index contributed by atoms with van der Waals surface area (Å²) in [7, 11) is 0. The van der Waals surface area contributed by atoms with Crippen molar-refractivity contribution >= 4 is 0 Å². The van der Waals surface area contributed by atoms with Gasteiger partial charge in [-0.25, -0.2) is 4.39 Å². The Bertz CT molecular complexity index is 901. The lowest BCUT2D eigenvalue weighted by Crippen LogP contribution is -2.25. The van der Waals surface area contributed by atoms with Crippen LogP contribution in [-0.2, 0) is 4.74 Å². The largest absolute Gasteiger partial charge is 0.490 e. The van der Waals surface area contributed by atoms with E-state index in [0.717, 1.165) is 68.6 Å². The summed E-state index contributed by atoms with van der Waals surface area (Å²) in [6.07, 6.45) is 27.2. The number of rotatable bonds is 12. The molecule has 0 amide bonds. The molecule has 3 fully saturated rings. The highest BCUT2D eigenvalue weighted by atomic mass is 19.2. The molecule has 2 saturated carbocycles. The molecule has 0 bridgehead atoms. The van der Waals surface area contributed by atoms with Crippen molar-refractivity contribution < 1.29 is 18.3 Å². The van der Waals surface area contributed by atoms with Crippen LogP contribution in [0.1, 0.15) is 122 Å². The Balaban J connectivity index is 1.12. The van der Waals surface area contributed by atoms with Gasteiger partial charge in [-0.05, 0) is 132 Å². The summed E-state index contributed by atoms with van der Waals surface area (Å²) in [6, 6.07) is 3.20. The van der Waals surface area contributed by atoms with Gasteiger partial charge in [-0.2, -0.15) is 4.39 Å². The molecule has 2 aliphatic carbocycles. The minimum atomic E-state index is -0.884. The van der Waals surface area contributed by atoms with Crippen molar-refractivity contribution in [1.29, 1.82) is 0 Å². The third-order valence-corrected chi connectivity index (χ3v) is 9.71. The smallest absolute Gasteiger partial charge is 0.200 e. The van der Waals surface area contributed by atoms with E-state index in [0.29, 0.717) is 24.7 Å². The predicted molar refractivity (Wildman–Crippen MR) is 157 cm³/mol. The van der Waals surface area contributed by atoms with E-state index < -0.39 is 11.6 Å². The number of benzene rings is 1. The zero-order valence-electron chi connectivity index (χ0n) is 24.5. The molecule has 0 spiro atoms. The normalized spacial score (nSPS) is 30.3. The number of hydrogen-bond donors (Lipinski definition) is 0. The maximum Gasteiger partial charge on any atom is 0.200 e. The van der Waals surface area contributed by atoms with Crippen LogP contribution in [0.4, 0.5) is 8.78 Å². The van der Waals surface area contributed by atoms with E-state index >= 15 is 0 Å². The topological polar surface area (TPSA) is 18.5 Å². The molecule has 2 unspecified atom stereocenters. The first-order valence-electron chi connectivity index (χ1n) is 16.1. The third-order valence-electron chi connectivity index (χ3n) is 9.71. The number of ether oxygens (including phenoxy) is 2. The van der Waals surface area contributed by atoms with Crippen LogP contribution in [-0.4, -0.2) is 13.2 Å². The average Bonchev–Trinajstić information content (AvgIpc) is 2.97. The highest BCUT2D eigenvalue weighted by Crippen LogP contribution is 2.42. The second kappa shape index (κ2) is 15.9. The molecule has 1 aromatic carbocycles. The number of hydrogen-bond acceptors (Lipinski definition) is 2. The second-order valence-electron chi connectivity index (χ2n) is 12.5. The van der Waals surface area contributed by atoms with Crippen LogP contribution in [0, 0.1) is 41.2 Å². The fourth-order valence-corrected chi connectivity index (χ4v) is 7.23. The molecule has 2 nitrogen and oxygen atoms in total. The van der Waals surface area contributed by atoms with Crippen LogP contribution in [0.3, 0.4) is 0 Å². The molecule has 3 aliphatic rings. The van der Waals surface area contributed by atoms with Crippen molar-refractivity contribution in [1.82, 2.24) is 0 Å². The summed E-state index contributed by atoms with van der Waals surface area (Å²) in [5.41, 5.74) is 0.327. The first-order chi connectivity index (χ1) is 19.1. The van der Waals surface area contributed by atoms with Crippen LogP contribution in [0.5, 0.6) is 5.75 Å². The van der Waals surface area contributed by atoms with Gasteiger partial charge in [0.2, 0.25) is 5.82 Å². The van der Waals surface area contributed by atoms with Gasteiger partial charge in [-0.15, -0.1) is 0 Å². The molecule has 0 aromatic heterocycles. The highest BCUT2D eigenvalue weighted by molar-refractivity contribution is 5.32. The van der Waals surface area contributed by atoms with Gasteiger partial charge in [0.1, 0.15) is 0 Å². The molecule has 1 heterocycles. The molecule has 1 saturated heterocycles. The fourth-order valence-electron chi connectivity index (χ4n) is 7.23. The van der Waals surface area contributed by atoms with E-state index in [1.54, 1.807) is 12.1 Å². The van der Waals surface area contributed by atoms with Gasteiger partial charge in [-0.3, -0.25) is 0 Å². The molecule has 39 heavy (non-hydrogen) atoms. The number of halogens is 2. The Hall–Kier alpha value is -1.68. The molecule has 0 radical (unpaired) electrons. The standard InChI is InChI=1S/C35H52F2O2/c1-3-5-8-24-38-33-23-21-31(34(36)35(33)37)32-22-16-28(25-39-32)11-7-6-10-27-14-19-30(20-15-27)29-17-12-26(9-4-2)13-18-29/h4,6,9-10,21,23,26-30,32H,3,5,7-8,11-20,22,24-25H2,1-2H3/b9-4+,10-6+. The molecule has 4 heteroatoms. The van der Waals surface area contributed by atoms with Crippen molar-refractivity contribution in [3.05, 3.63) is 53.6 Å². The van der Waals surface area contributed by atoms with Gasteiger partial charge in [-0.1, -0.05) is 44.1 Å². The molecular weight excluding hydrogens is 490 g/mol. The van der Waals surface area contributed by atoms with Gasteiger partial charge in [0.05, 0.1) is 19.3 Å². The van der Waals surface area contributed by atoms with Crippen LogP contribution in [0.2, 0.25) is 0 Å². The van der Waals surface area contributed by atoms with E-state index in [-0.39, 0.29) is 11.9 Å². The van der Waals surface area contributed by atoms with E-state index in [1.807, 2.05) is 0 Å². The molecule has 1 aliphatic heterocycles. The zero-order chi connectivity index (χ0) is 27.5. The lowest BCUT2D eigenvalue weighted by atomic mass is 9.69. The van der Waals surface area contributed by atoms with Crippen molar-refractivity contribution in [3.63, 3.8) is 0 Å². The first kappa shape index (κ1) is 30.3. The maximum absolute atomic E-state index is 14.8. The van der Waals surface area contributed by atoms with Crippen LogP contribution >= 0.6 is 0 Å². The van der Waals surface area contributed by atoms with Crippen LogP contribution in [0.15, 0.2) is 36.4 Å². The Morgan fingerprint density at radius 1 is 0.846 bits per heavy atom. The zero-order valence-corrected chi connectivity index (χ0v) is 24.5. The minimum absolute atomic E-state index is 0.00788. The van der Waals surface area contributed by atoms with Crippen LogP contribution < -0.4 is 4.74 Å². The lowest BCUT2D eigenvalue weighted by molar-refractivity contribution is -0.0211. The molecule has 0 N–H and O–H groups in total. The fraction of sp³-hybridized carbons (Fsp3) is 0.714. The van der Waals surface area contributed by atoms with E-state index in [1.165, 1.54) is 51.4 Å². The third kappa shape index (κ3) is 8.90. The number of allylic oxidation sites excluding steroid dienone is 4. The number of unbranched alkanes of at least 4 members (excludes halogenated alkanes) is 2. The summed E-state index contributed by atoms with van der Waals surface area (Å²) in [4.78, 5) is 0. The van der Waals surface area contributed by atoms with Crippen LogP contribution in [0.25, 0.3) is 0 Å². The van der Waals surface area contributed by atoms with E-state index in [4.69, 9.17) is 9.47 Å². The molecule has 218 valence electrons. The molecular formula is C35H52F2O2. The van der Waals surface area contributed by atoms with Crippen molar-refractivity contribution in [2.45, 2.75) is 116 Å². The van der Waals surface area contributed by atoms with E-state index in [2.05, 4.69) is 38.2 Å². The Morgan fingerprint density at radius 2 is 1.54 bits per heavy atom. The Kier molecular flexibility index (Phi) is 12.4. The Morgan fingerprint density at radius 3 is 2.15 bits per heavy atom. The lowest BCUT2D eigenvalue weighted by Gasteiger charge is -2.37. The van der Waals surface area contributed by atoms with Gasteiger partial charge >= 0.3 is 0 Å².